The third-order valence-corrected chi connectivity index (χ3v) is 3.22. The second kappa shape index (κ2) is 5.63. The van der Waals surface area contributed by atoms with Gasteiger partial charge in [-0.25, -0.2) is 4.98 Å². The van der Waals surface area contributed by atoms with Crippen molar-refractivity contribution >= 4 is 17.6 Å². The van der Waals surface area contributed by atoms with E-state index in [4.69, 9.17) is 10.7 Å². The molecule has 3 nitrogen and oxygen atoms in total. The molecule has 0 aliphatic rings. The molecule has 1 aromatic heterocycles. The second-order valence-corrected chi connectivity index (χ2v) is 6.15. The van der Waals surface area contributed by atoms with Crippen molar-refractivity contribution in [3.63, 3.8) is 0 Å². The first-order valence-corrected chi connectivity index (χ1v) is 7.26. The number of nitrogens with zero attached hydrogens (tertiary/aromatic N) is 2. The molecule has 0 atom stereocenters. The van der Waals surface area contributed by atoms with E-state index in [1.54, 1.807) is 0 Å². The van der Waals surface area contributed by atoms with Crippen LogP contribution in [0.1, 0.15) is 32.3 Å². The predicted molar refractivity (Wildman–Crippen MR) is 77.6 cm³/mol. The Morgan fingerprint density at radius 2 is 2.12 bits per heavy atom. The average molecular weight is 253 g/mol. The molecule has 17 heavy (non-hydrogen) atoms. The summed E-state index contributed by atoms with van der Waals surface area (Å²) >= 11 is 1.82. The molecule has 0 saturated heterocycles. The first kappa shape index (κ1) is 14.2. The minimum Gasteiger partial charge on any atom is -0.384 e. The summed E-state index contributed by atoms with van der Waals surface area (Å²) in [5.74, 6) is 2.90. The van der Waals surface area contributed by atoms with Crippen LogP contribution in [0.15, 0.2) is 12.7 Å². The highest BCUT2D eigenvalue weighted by molar-refractivity contribution is 7.98. The molecule has 96 valence electrons. The Morgan fingerprint density at radius 1 is 1.47 bits per heavy atom. The zero-order chi connectivity index (χ0) is 13.1. The summed E-state index contributed by atoms with van der Waals surface area (Å²) in [7, 11) is 0. The van der Waals surface area contributed by atoms with Crippen molar-refractivity contribution in [1.82, 2.24) is 9.55 Å². The highest BCUT2D eigenvalue weighted by atomic mass is 32.2. The van der Waals surface area contributed by atoms with Crippen LogP contribution >= 0.6 is 11.8 Å². The Hall–Kier alpha value is -0.900. The van der Waals surface area contributed by atoms with Gasteiger partial charge < -0.3 is 10.3 Å². The van der Waals surface area contributed by atoms with Gasteiger partial charge in [-0.3, -0.25) is 0 Å². The Morgan fingerprint density at radius 3 is 2.59 bits per heavy atom. The number of rotatable bonds is 5. The van der Waals surface area contributed by atoms with Gasteiger partial charge >= 0.3 is 0 Å². The first-order valence-electron chi connectivity index (χ1n) is 5.87. The van der Waals surface area contributed by atoms with Crippen molar-refractivity contribution in [2.24, 2.45) is 0 Å². The summed E-state index contributed by atoms with van der Waals surface area (Å²) in [4.78, 5) is 4.71. The topological polar surface area (TPSA) is 43.8 Å². The molecule has 0 aliphatic carbocycles. The van der Waals surface area contributed by atoms with Crippen molar-refractivity contribution < 1.29 is 0 Å². The van der Waals surface area contributed by atoms with Crippen LogP contribution < -0.4 is 5.73 Å². The maximum Gasteiger partial charge on any atom is 0.127 e. The Kier molecular flexibility index (Phi) is 4.69. The van der Waals surface area contributed by atoms with Crippen LogP contribution in [0.2, 0.25) is 0 Å². The third-order valence-electron chi connectivity index (χ3n) is 2.61. The molecule has 0 radical (unpaired) electrons. The fourth-order valence-corrected chi connectivity index (χ4v) is 2.18. The van der Waals surface area contributed by atoms with Gasteiger partial charge in [0.25, 0.3) is 0 Å². The largest absolute Gasteiger partial charge is 0.384 e. The normalized spacial score (nSPS) is 11.8. The quantitative estimate of drug-likeness (QED) is 0.821. The summed E-state index contributed by atoms with van der Waals surface area (Å²) < 4.78 is 2.07. The first-order chi connectivity index (χ1) is 7.91. The van der Waals surface area contributed by atoms with Gasteiger partial charge in [-0.15, -0.1) is 6.58 Å². The maximum absolute atomic E-state index is 6.17. The molecule has 2 N–H and O–H groups in total. The number of aryl methyl sites for hydroxylation is 1. The van der Waals surface area contributed by atoms with Crippen LogP contribution in [0.5, 0.6) is 0 Å². The van der Waals surface area contributed by atoms with E-state index < -0.39 is 0 Å². The van der Waals surface area contributed by atoms with E-state index in [-0.39, 0.29) is 5.41 Å². The number of nitrogens with two attached hydrogens (primary N) is 1. The molecule has 0 saturated carbocycles. The molecule has 4 heteroatoms. The van der Waals surface area contributed by atoms with Crippen molar-refractivity contribution in [3.05, 3.63) is 24.2 Å². The molecule has 0 unspecified atom stereocenters. The van der Waals surface area contributed by atoms with E-state index in [0.29, 0.717) is 0 Å². The molecule has 1 rings (SSSR count). The highest BCUT2D eigenvalue weighted by Crippen LogP contribution is 2.26. The van der Waals surface area contributed by atoms with Crippen molar-refractivity contribution in [1.29, 1.82) is 0 Å². The number of hydrogen-bond donors (Lipinski definition) is 1. The fraction of sp³-hybridized carbons (Fsp3) is 0.615. The van der Waals surface area contributed by atoms with Gasteiger partial charge in [0, 0.05) is 18.4 Å². The summed E-state index contributed by atoms with van der Waals surface area (Å²) in [5, 5.41) is 0. The minimum absolute atomic E-state index is 0.00867. The Bertz CT molecular complexity index is 388. The van der Waals surface area contributed by atoms with Crippen LogP contribution in [-0.4, -0.2) is 21.6 Å². The lowest BCUT2D eigenvalue weighted by Crippen LogP contribution is -2.19. The molecule has 0 bridgehead atoms. The fourth-order valence-electron chi connectivity index (χ4n) is 1.78. The van der Waals surface area contributed by atoms with E-state index in [1.807, 2.05) is 17.8 Å². The SMILES string of the molecule is C=CCn1c(C(C)(C)C)nc(CCSC)c1N. The van der Waals surface area contributed by atoms with Gasteiger partial charge in [-0.05, 0) is 12.0 Å². The average Bonchev–Trinajstić information content (AvgIpc) is 2.54. The molecule has 1 heterocycles. The van der Waals surface area contributed by atoms with E-state index in [1.165, 1.54) is 0 Å². The predicted octanol–water partition coefficient (Wildman–Crippen LogP) is 2.85. The highest BCUT2D eigenvalue weighted by Gasteiger charge is 2.23. The summed E-state index contributed by atoms with van der Waals surface area (Å²) in [6.07, 6.45) is 4.90. The van der Waals surface area contributed by atoms with Gasteiger partial charge in [0.15, 0.2) is 0 Å². The smallest absolute Gasteiger partial charge is 0.127 e. The molecule has 0 spiro atoms. The van der Waals surface area contributed by atoms with E-state index in [9.17, 15) is 0 Å². The Balaban J connectivity index is 3.15. The van der Waals surface area contributed by atoms with Crippen LogP contribution in [0, 0.1) is 0 Å². The molecule has 0 amide bonds. The van der Waals surface area contributed by atoms with Gasteiger partial charge in [0.1, 0.15) is 11.6 Å². The van der Waals surface area contributed by atoms with Crippen molar-refractivity contribution in [2.75, 3.05) is 17.7 Å². The number of allylic oxidation sites excluding steroid dienone is 1. The van der Waals surface area contributed by atoms with Gasteiger partial charge in [-0.2, -0.15) is 11.8 Å². The lowest BCUT2D eigenvalue weighted by atomic mass is 9.95. The van der Waals surface area contributed by atoms with Crippen LogP contribution in [0.3, 0.4) is 0 Å². The monoisotopic (exact) mass is 253 g/mol. The van der Waals surface area contributed by atoms with E-state index >= 15 is 0 Å². The summed E-state index contributed by atoms with van der Waals surface area (Å²) in [6, 6.07) is 0. The molecule has 0 aromatic carbocycles. The second-order valence-electron chi connectivity index (χ2n) is 5.16. The summed E-state index contributed by atoms with van der Waals surface area (Å²) in [5.41, 5.74) is 7.20. The van der Waals surface area contributed by atoms with Crippen molar-refractivity contribution in [3.8, 4) is 0 Å². The standard InChI is InChI=1S/C13H23N3S/c1-6-8-16-11(14)10(7-9-17-5)15-12(16)13(2,3)4/h6H,1,7-9,14H2,2-5H3. The van der Waals surface area contributed by atoms with Gasteiger partial charge in [0.2, 0.25) is 0 Å². The minimum atomic E-state index is 0.00867. The molecular formula is C13H23N3S. The van der Waals surface area contributed by atoms with Crippen LogP contribution in [0.4, 0.5) is 5.82 Å². The number of anilines is 1. The number of nitrogen functional groups attached to an aromatic ring is 1. The van der Waals surface area contributed by atoms with E-state index in [2.05, 4.69) is 38.2 Å². The van der Waals surface area contributed by atoms with Gasteiger partial charge in [0.05, 0.1) is 5.69 Å². The number of imidazole rings is 1. The zero-order valence-corrected chi connectivity index (χ0v) is 12.1. The molecule has 1 aromatic rings. The maximum atomic E-state index is 6.17. The zero-order valence-electron chi connectivity index (χ0n) is 11.3. The number of hydrogen-bond acceptors (Lipinski definition) is 3. The van der Waals surface area contributed by atoms with E-state index in [0.717, 1.165) is 36.1 Å². The van der Waals surface area contributed by atoms with Crippen molar-refractivity contribution in [2.45, 2.75) is 39.2 Å². The van der Waals surface area contributed by atoms with Crippen LogP contribution in [-0.2, 0) is 18.4 Å². The summed E-state index contributed by atoms with van der Waals surface area (Å²) in [6.45, 7) is 11.0. The lowest BCUT2D eigenvalue weighted by molar-refractivity contribution is 0.515. The molecule has 0 fully saturated rings. The number of aromatic nitrogens is 2. The number of thioether (sulfide) groups is 1. The third kappa shape index (κ3) is 3.28. The molecular weight excluding hydrogens is 230 g/mol. The Labute approximate surface area is 108 Å². The molecule has 0 aliphatic heterocycles. The lowest BCUT2D eigenvalue weighted by Gasteiger charge is -2.19. The van der Waals surface area contributed by atoms with Crippen LogP contribution in [0.25, 0.3) is 0 Å². The van der Waals surface area contributed by atoms with Gasteiger partial charge in [-0.1, -0.05) is 26.8 Å².